The molecule has 2 aromatic carbocycles. The second-order valence-electron chi connectivity index (χ2n) is 10.1. The highest BCUT2D eigenvalue weighted by molar-refractivity contribution is 7.15. The fourth-order valence-corrected chi connectivity index (χ4v) is 6.33. The van der Waals surface area contributed by atoms with Gasteiger partial charge in [-0.3, -0.25) is 19.3 Å². The van der Waals surface area contributed by atoms with Gasteiger partial charge in [0.2, 0.25) is 0 Å². The number of carboxylic acids is 1. The predicted octanol–water partition coefficient (Wildman–Crippen LogP) is 6.27. The number of fused-ring (bicyclic) bond motifs is 3. The number of methoxy groups -OCH3 is 1. The number of aromatic nitrogens is 4. The van der Waals surface area contributed by atoms with Crippen molar-refractivity contribution in [3.63, 3.8) is 0 Å². The van der Waals surface area contributed by atoms with Crippen LogP contribution < -0.4 is 9.47 Å². The SMILES string of the molecule is COc1cc(-c2ccc(C3=N[C@@H](CC(=O)O)c4nnc(C)n4-c4sc(C)c(C)c43)cc2)ccc1OCc1ccncc1. The van der Waals surface area contributed by atoms with Crippen molar-refractivity contribution in [2.24, 2.45) is 4.99 Å². The van der Waals surface area contributed by atoms with Gasteiger partial charge in [0.05, 0.1) is 19.2 Å². The zero-order valence-corrected chi connectivity index (χ0v) is 24.5. The Morgan fingerprint density at radius 1 is 0.952 bits per heavy atom. The highest BCUT2D eigenvalue weighted by Crippen LogP contribution is 2.40. The average Bonchev–Trinajstić information content (AvgIpc) is 3.48. The fourth-order valence-electron chi connectivity index (χ4n) is 5.12. The molecule has 0 unspecified atom stereocenters. The van der Waals surface area contributed by atoms with Crippen molar-refractivity contribution in [3.8, 4) is 27.6 Å². The molecule has 0 amide bonds. The molecule has 3 aromatic heterocycles. The van der Waals surface area contributed by atoms with Crippen LogP contribution in [0.2, 0.25) is 0 Å². The number of aliphatic imine (C=N–C) groups is 1. The molecule has 10 heteroatoms. The molecule has 6 rings (SSSR count). The van der Waals surface area contributed by atoms with E-state index in [1.54, 1.807) is 30.8 Å². The van der Waals surface area contributed by atoms with Crippen molar-refractivity contribution >= 4 is 23.0 Å². The van der Waals surface area contributed by atoms with Gasteiger partial charge in [0.25, 0.3) is 0 Å². The zero-order chi connectivity index (χ0) is 29.4. The van der Waals surface area contributed by atoms with E-state index in [4.69, 9.17) is 14.5 Å². The predicted molar refractivity (Wildman–Crippen MR) is 161 cm³/mol. The summed E-state index contributed by atoms with van der Waals surface area (Å²) >= 11 is 1.64. The molecule has 9 nitrogen and oxygen atoms in total. The second-order valence-corrected chi connectivity index (χ2v) is 11.3. The number of hydrogen-bond acceptors (Lipinski definition) is 8. The van der Waals surface area contributed by atoms with Crippen LogP contribution in [0.25, 0.3) is 16.1 Å². The van der Waals surface area contributed by atoms with Crippen LogP contribution in [-0.2, 0) is 11.4 Å². The summed E-state index contributed by atoms with van der Waals surface area (Å²) in [5, 5.41) is 19.3. The monoisotopic (exact) mass is 579 g/mol. The lowest BCUT2D eigenvalue weighted by molar-refractivity contribution is -0.137. The molecule has 42 heavy (non-hydrogen) atoms. The largest absolute Gasteiger partial charge is 0.493 e. The number of ether oxygens (including phenoxy) is 2. The first-order chi connectivity index (χ1) is 20.3. The molecule has 5 aromatic rings. The molecule has 0 fully saturated rings. The van der Waals surface area contributed by atoms with Crippen LogP contribution in [0.15, 0.2) is 72.0 Å². The maximum absolute atomic E-state index is 11.8. The number of pyridine rings is 1. The number of carboxylic acid groups (broad SMARTS) is 1. The minimum atomic E-state index is -0.939. The Morgan fingerprint density at radius 3 is 2.38 bits per heavy atom. The van der Waals surface area contributed by atoms with E-state index in [-0.39, 0.29) is 6.42 Å². The average molecular weight is 580 g/mol. The first kappa shape index (κ1) is 27.3. The number of aryl methyl sites for hydroxylation is 2. The van der Waals surface area contributed by atoms with E-state index in [0.29, 0.717) is 29.8 Å². The lowest BCUT2D eigenvalue weighted by atomic mass is 9.97. The van der Waals surface area contributed by atoms with Crippen molar-refractivity contribution < 1.29 is 19.4 Å². The van der Waals surface area contributed by atoms with Crippen LogP contribution in [0.3, 0.4) is 0 Å². The number of benzene rings is 2. The van der Waals surface area contributed by atoms with E-state index >= 15 is 0 Å². The van der Waals surface area contributed by atoms with Crippen molar-refractivity contribution in [2.45, 2.75) is 39.8 Å². The zero-order valence-electron chi connectivity index (χ0n) is 23.7. The minimum Gasteiger partial charge on any atom is -0.493 e. The van der Waals surface area contributed by atoms with E-state index in [1.165, 1.54) is 4.88 Å². The lowest BCUT2D eigenvalue weighted by Gasteiger charge is -2.13. The number of aliphatic carboxylic acids is 1. The van der Waals surface area contributed by atoms with Crippen molar-refractivity contribution in [2.75, 3.05) is 7.11 Å². The number of hydrogen-bond donors (Lipinski definition) is 1. The molecule has 1 aliphatic heterocycles. The maximum atomic E-state index is 11.8. The smallest absolute Gasteiger partial charge is 0.306 e. The van der Waals surface area contributed by atoms with Crippen molar-refractivity contribution in [1.29, 1.82) is 0 Å². The number of nitrogens with zero attached hydrogens (tertiary/aromatic N) is 5. The van der Waals surface area contributed by atoms with Crippen LogP contribution in [-0.4, -0.2) is 43.6 Å². The van der Waals surface area contributed by atoms with Crippen LogP contribution >= 0.6 is 11.3 Å². The Balaban J connectivity index is 1.35. The summed E-state index contributed by atoms with van der Waals surface area (Å²) in [6, 6.07) is 17.2. The molecule has 0 saturated heterocycles. The molecule has 0 aliphatic carbocycles. The van der Waals surface area contributed by atoms with Gasteiger partial charge >= 0.3 is 5.97 Å². The normalized spacial score (nSPS) is 14.0. The fraction of sp³-hybridized carbons (Fsp3) is 0.219. The van der Waals surface area contributed by atoms with Gasteiger partial charge < -0.3 is 14.6 Å². The van der Waals surface area contributed by atoms with E-state index < -0.39 is 12.0 Å². The second kappa shape index (κ2) is 11.2. The minimum absolute atomic E-state index is 0.179. The Bertz CT molecular complexity index is 1810. The topological polar surface area (TPSA) is 112 Å². The van der Waals surface area contributed by atoms with Crippen LogP contribution in [0.1, 0.15) is 51.2 Å². The maximum Gasteiger partial charge on any atom is 0.306 e. The first-order valence-electron chi connectivity index (χ1n) is 13.5. The van der Waals surface area contributed by atoms with Gasteiger partial charge in [-0.2, -0.15) is 0 Å². The van der Waals surface area contributed by atoms with Gasteiger partial charge in [-0.1, -0.05) is 30.3 Å². The first-order valence-corrected chi connectivity index (χ1v) is 14.3. The van der Waals surface area contributed by atoms with Crippen LogP contribution in [0.5, 0.6) is 11.5 Å². The molecule has 0 radical (unpaired) electrons. The Hall–Kier alpha value is -4.83. The van der Waals surface area contributed by atoms with Gasteiger partial charge in [-0.05, 0) is 67.3 Å². The van der Waals surface area contributed by atoms with Gasteiger partial charge in [0.15, 0.2) is 17.3 Å². The molecule has 1 atom stereocenters. The van der Waals surface area contributed by atoms with Gasteiger partial charge in [-0.25, -0.2) is 0 Å². The molecular formula is C32H29N5O4S. The third kappa shape index (κ3) is 5.05. The van der Waals surface area contributed by atoms with E-state index in [2.05, 4.69) is 29.0 Å². The molecular weight excluding hydrogens is 550 g/mol. The molecule has 0 saturated carbocycles. The van der Waals surface area contributed by atoms with Crippen LogP contribution in [0, 0.1) is 20.8 Å². The molecule has 212 valence electrons. The summed E-state index contributed by atoms with van der Waals surface area (Å²) in [5.74, 6) is 1.61. The van der Waals surface area contributed by atoms with Crippen molar-refractivity contribution in [3.05, 3.63) is 106 Å². The summed E-state index contributed by atoms with van der Waals surface area (Å²) in [6.45, 7) is 6.46. The standard InChI is InChI=1S/C32H29N5O4S/c1-18-19(2)42-32-29(18)30(34-25(16-28(38)39)31-36-35-20(3)37(31)32)23-7-5-22(6-8-23)24-9-10-26(27(15-24)40-4)41-17-21-11-13-33-14-12-21/h5-15,25H,16-17H2,1-4H3,(H,38,39)/t25-/m0/s1. The highest BCUT2D eigenvalue weighted by atomic mass is 32.1. The number of carbonyl (C=O) groups is 1. The summed E-state index contributed by atoms with van der Waals surface area (Å²) in [5.41, 5.74) is 6.75. The quantitative estimate of drug-likeness (QED) is 0.231. The molecule has 1 aliphatic rings. The van der Waals surface area contributed by atoms with Gasteiger partial charge in [0.1, 0.15) is 23.5 Å². The Morgan fingerprint density at radius 2 is 1.67 bits per heavy atom. The van der Waals surface area contributed by atoms with E-state index in [1.807, 2.05) is 66.1 Å². The third-order valence-corrected chi connectivity index (χ3v) is 8.60. The lowest BCUT2D eigenvalue weighted by Crippen LogP contribution is -2.10. The summed E-state index contributed by atoms with van der Waals surface area (Å²) < 4.78 is 13.6. The molecule has 4 heterocycles. The summed E-state index contributed by atoms with van der Waals surface area (Å²) in [7, 11) is 1.63. The third-order valence-electron chi connectivity index (χ3n) is 7.41. The highest BCUT2D eigenvalue weighted by Gasteiger charge is 2.32. The van der Waals surface area contributed by atoms with E-state index in [9.17, 15) is 9.90 Å². The van der Waals surface area contributed by atoms with Gasteiger partial charge in [-0.15, -0.1) is 21.5 Å². The Labute approximate surface area is 247 Å². The molecule has 0 spiro atoms. The van der Waals surface area contributed by atoms with Crippen molar-refractivity contribution in [1.82, 2.24) is 19.7 Å². The Kier molecular flexibility index (Phi) is 7.30. The number of rotatable bonds is 8. The van der Waals surface area contributed by atoms with Gasteiger partial charge in [0, 0.05) is 28.4 Å². The summed E-state index contributed by atoms with van der Waals surface area (Å²) in [6.07, 6.45) is 3.30. The molecule has 1 N–H and O–H groups in total. The summed E-state index contributed by atoms with van der Waals surface area (Å²) in [4.78, 5) is 22.0. The number of thiophene rings is 1. The van der Waals surface area contributed by atoms with Crippen LogP contribution in [0.4, 0.5) is 0 Å². The van der Waals surface area contributed by atoms with E-state index in [0.717, 1.165) is 44.1 Å². The molecule has 0 bridgehead atoms.